The van der Waals surface area contributed by atoms with Crippen molar-refractivity contribution >= 4 is 12.0 Å². The van der Waals surface area contributed by atoms with Crippen molar-refractivity contribution in [1.29, 1.82) is 0 Å². The van der Waals surface area contributed by atoms with Crippen LogP contribution in [0.5, 0.6) is 0 Å². The minimum atomic E-state index is -0.492. The van der Waals surface area contributed by atoms with Gasteiger partial charge in [0.15, 0.2) is 0 Å². The summed E-state index contributed by atoms with van der Waals surface area (Å²) in [6.07, 6.45) is 0.409. The number of morpholine rings is 1. The number of nitrogens with zero attached hydrogens (tertiary/aromatic N) is 1. The van der Waals surface area contributed by atoms with Crippen LogP contribution >= 0.6 is 0 Å². The van der Waals surface area contributed by atoms with Crippen LogP contribution in [-0.2, 0) is 14.3 Å². The Labute approximate surface area is 107 Å². The van der Waals surface area contributed by atoms with E-state index in [2.05, 4.69) is 5.32 Å². The Balaban J connectivity index is 1.92. The molecular formula is C12H20N2O4. The van der Waals surface area contributed by atoms with Crippen molar-refractivity contribution in [1.82, 2.24) is 10.2 Å². The molecule has 102 valence electrons. The zero-order valence-corrected chi connectivity index (χ0v) is 11.1. The van der Waals surface area contributed by atoms with E-state index in [0.29, 0.717) is 19.6 Å². The molecule has 18 heavy (non-hydrogen) atoms. The number of carbonyl (C=O) groups is 2. The first-order valence-electron chi connectivity index (χ1n) is 6.18. The highest BCUT2D eigenvalue weighted by molar-refractivity contribution is 5.78. The molecule has 0 aromatic rings. The number of nitrogens with one attached hydrogen (secondary N) is 1. The Morgan fingerprint density at radius 2 is 2.22 bits per heavy atom. The molecule has 0 unspecified atom stereocenters. The number of rotatable bonds is 0. The molecule has 0 saturated carbocycles. The molecule has 2 amide bonds. The van der Waals surface area contributed by atoms with Gasteiger partial charge in [-0.2, -0.15) is 0 Å². The van der Waals surface area contributed by atoms with Crippen molar-refractivity contribution in [2.75, 3.05) is 26.2 Å². The Kier molecular flexibility index (Phi) is 3.23. The van der Waals surface area contributed by atoms with E-state index in [-0.39, 0.29) is 18.6 Å². The van der Waals surface area contributed by atoms with Crippen LogP contribution in [0.15, 0.2) is 0 Å². The average molecular weight is 256 g/mol. The predicted molar refractivity (Wildman–Crippen MR) is 64.1 cm³/mol. The monoisotopic (exact) mass is 256 g/mol. The molecule has 6 heteroatoms. The molecule has 0 aliphatic carbocycles. The van der Waals surface area contributed by atoms with Gasteiger partial charge >= 0.3 is 6.09 Å². The Morgan fingerprint density at radius 1 is 1.50 bits per heavy atom. The number of hydrogen-bond acceptors (Lipinski definition) is 4. The lowest BCUT2D eigenvalue weighted by Crippen LogP contribution is -2.54. The highest BCUT2D eigenvalue weighted by Gasteiger charge is 2.44. The minimum Gasteiger partial charge on any atom is -0.444 e. The van der Waals surface area contributed by atoms with Crippen molar-refractivity contribution in [3.63, 3.8) is 0 Å². The van der Waals surface area contributed by atoms with Crippen LogP contribution < -0.4 is 5.32 Å². The summed E-state index contributed by atoms with van der Waals surface area (Å²) in [5.41, 5.74) is -0.917. The first kappa shape index (κ1) is 13.1. The number of carbonyl (C=O) groups excluding carboxylic acids is 2. The standard InChI is InChI=1S/C12H20N2O4/c1-11(2,3)18-10(16)14-5-4-12(8-14)7-13-9(15)6-17-12/h4-8H2,1-3H3,(H,13,15)/t12-/m0/s1. The van der Waals surface area contributed by atoms with Crippen LogP contribution in [0.2, 0.25) is 0 Å². The van der Waals surface area contributed by atoms with E-state index < -0.39 is 11.2 Å². The van der Waals surface area contributed by atoms with Crippen LogP contribution in [-0.4, -0.2) is 54.3 Å². The van der Waals surface area contributed by atoms with E-state index in [1.807, 2.05) is 20.8 Å². The normalized spacial score (nSPS) is 28.4. The van der Waals surface area contributed by atoms with Crippen molar-refractivity contribution in [3.8, 4) is 0 Å². The molecule has 6 nitrogen and oxygen atoms in total. The fourth-order valence-electron chi connectivity index (χ4n) is 2.17. The third-order valence-electron chi connectivity index (χ3n) is 3.09. The second-order valence-electron chi connectivity index (χ2n) is 5.90. The maximum absolute atomic E-state index is 11.9. The minimum absolute atomic E-state index is 0.0716. The molecule has 0 radical (unpaired) electrons. The van der Waals surface area contributed by atoms with Gasteiger partial charge in [0, 0.05) is 13.1 Å². The first-order chi connectivity index (χ1) is 8.30. The SMILES string of the molecule is CC(C)(C)OC(=O)N1CC[C@]2(CNC(=O)CO2)C1. The third-order valence-corrected chi connectivity index (χ3v) is 3.09. The van der Waals surface area contributed by atoms with Crippen molar-refractivity contribution in [2.45, 2.75) is 38.4 Å². The van der Waals surface area contributed by atoms with Crippen molar-refractivity contribution in [3.05, 3.63) is 0 Å². The summed E-state index contributed by atoms with van der Waals surface area (Å²) in [6.45, 7) is 7.14. The summed E-state index contributed by atoms with van der Waals surface area (Å²) < 4.78 is 10.9. The van der Waals surface area contributed by atoms with Gasteiger partial charge < -0.3 is 19.7 Å². The van der Waals surface area contributed by atoms with Crippen LogP contribution in [0.1, 0.15) is 27.2 Å². The Bertz CT molecular complexity index is 352. The van der Waals surface area contributed by atoms with Gasteiger partial charge in [0.25, 0.3) is 0 Å². The van der Waals surface area contributed by atoms with Gasteiger partial charge in [-0.25, -0.2) is 4.79 Å². The molecule has 2 aliphatic rings. The molecule has 0 aromatic heterocycles. The fraction of sp³-hybridized carbons (Fsp3) is 0.833. The lowest BCUT2D eigenvalue weighted by atomic mass is 10.0. The van der Waals surface area contributed by atoms with E-state index in [9.17, 15) is 9.59 Å². The summed E-state index contributed by atoms with van der Waals surface area (Å²) in [6, 6.07) is 0. The summed E-state index contributed by atoms with van der Waals surface area (Å²) in [5.74, 6) is -0.101. The number of ether oxygens (including phenoxy) is 2. The molecule has 2 rings (SSSR count). The van der Waals surface area contributed by atoms with Gasteiger partial charge in [-0.3, -0.25) is 4.79 Å². The summed E-state index contributed by atoms with van der Waals surface area (Å²) >= 11 is 0. The molecular weight excluding hydrogens is 236 g/mol. The van der Waals surface area contributed by atoms with Crippen LogP contribution in [0.25, 0.3) is 0 Å². The van der Waals surface area contributed by atoms with Gasteiger partial charge in [0.1, 0.15) is 17.8 Å². The van der Waals surface area contributed by atoms with Gasteiger partial charge in [0.05, 0.1) is 6.54 Å². The van der Waals surface area contributed by atoms with Gasteiger partial charge in [-0.15, -0.1) is 0 Å². The highest BCUT2D eigenvalue weighted by Crippen LogP contribution is 2.27. The fourth-order valence-corrected chi connectivity index (χ4v) is 2.17. The predicted octanol–water partition coefficient (Wildman–Crippen LogP) is 0.512. The van der Waals surface area contributed by atoms with Crippen molar-refractivity contribution < 1.29 is 19.1 Å². The van der Waals surface area contributed by atoms with Crippen LogP contribution in [0.4, 0.5) is 4.79 Å². The molecule has 2 heterocycles. The molecule has 0 bridgehead atoms. The highest BCUT2D eigenvalue weighted by atomic mass is 16.6. The van der Waals surface area contributed by atoms with Gasteiger partial charge in [0.2, 0.25) is 5.91 Å². The maximum Gasteiger partial charge on any atom is 0.410 e. The van der Waals surface area contributed by atoms with E-state index >= 15 is 0 Å². The van der Waals surface area contributed by atoms with E-state index in [1.54, 1.807) is 4.90 Å². The smallest absolute Gasteiger partial charge is 0.410 e. The second kappa shape index (κ2) is 4.42. The largest absolute Gasteiger partial charge is 0.444 e. The molecule has 2 aliphatic heterocycles. The zero-order valence-electron chi connectivity index (χ0n) is 11.1. The van der Waals surface area contributed by atoms with Crippen molar-refractivity contribution in [2.24, 2.45) is 0 Å². The lowest BCUT2D eigenvalue weighted by molar-refractivity contribution is -0.142. The topological polar surface area (TPSA) is 67.9 Å². The van der Waals surface area contributed by atoms with Crippen LogP contribution in [0.3, 0.4) is 0 Å². The van der Waals surface area contributed by atoms with E-state index in [4.69, 9.17) is 9.47 Å². The first-order valence-corrected chi connectivity index (χ1v) is 6.18. The average Bonchev–Trinajstić information content (AvgIpc) is 2.65. The molecule has 2 fully saturated rings. The third kappa shape index (κ3) is 2.93. The summed E-state index contributed by atoms with van der Waals surface area (Å²) in [4.78, 5) is 24.6. The number of hydrogen-bond donors (Lipinski definition) is 1. The molecule has 0 aromatic carbocycles. The molecule has 1 spiro atoms. The van der Waals surface area contributed by atoms with Gasteiger partial charge in [-0.1, -0.05) is 0 Å². The molecule has 1 atom stereocenters. The number of amides is 2. The van der Waals surface area contributed by atoms with E-state index in [1.165, 1.54) is 0 Å². The number of likely N-dealkylation sites (tertiary alicyclic amines) is 1. The summed E-state index contributed by atoms with van der Waals surface area (Å²) in [7, 11) is 0. The molecule has 1 N–H and O–H groups in total. The quantitative estimate of drug-likeness (QED) is 0.686. The zero-order chi connectivity index (χ0) is 13.4. The van der Waals surface area contributed by atoms with Crippen LogP contribution in [0, 0.1) is 0 Å². The second-order valence-corrected chi connectivity index (χ2v) is 5.90. The maximum atomic E-state index is 11.9. The summed E-state index contributed by atoms with van der Waals surface area (Å²) in [5, 5.41) is 2.78. The Morgan fingerprint density at radius 3 is 2.78 bits per heavy atom. The van der Waals surface area contributed by atoms with Gasteiger partial charge in [-0.05, 0) is 27.2 Å². The Hall–Kier alpha value is -1.30. The lowest BCUT2D eigenvalue weighted by Gasteiger charge is -2.33. The molecule has 2 saturated heterocycles. The van der Waals surface area contributed by atoms with E-state index in [0.717, 1.165) is 6.42 Å².